The molecule has 8 heteroatoms. The van der Waals surface area contributed by atoms with Gasteiger partial charge in [-0.3, -0.25) is 14.3 Å². The molecule has 2 unspecified atom stereocenters. The minimum Gasteiger partial charge on any atom is -0.342 e. The monoisotopic (exact) mass is 306 g/mol. The van der Waals surface area contributed by atoms with E-state index in [2.05, 4.69) is 10.1 Å². The first-order valence-electron chi connectivity index (χ1n) is 7.18. The van der Waals surface area contributed by atoms with Crippen molar-refractivity contribution >= 4 is 11.8 Å². The second-order valence-electron chi connectivity index (χ2n) is 5.93. The highest BCUT2D eigenvalue weighted by molar-refractivity contribution is 5.97. The van der Waals surface area contributed by atoms with Crippen molar-refractivity contribution < 1.29 is 27.5 Å². The second kappa shape index (κ2) is 5.15. The van der Waals surface area contributed by atoms with Gasteiger partial charge in [0.05, 0.1) is 6.61 Å². The minimum absolute atomic E-state index is 0.0694. The maximum atomic E-state index is 12.4. The zero-order valence-corrected chi connectivity index (χ0v) is 11.4. The van der Waals surface area contributed by atoms with E-state index in [0.717, 1.165) is 25.7 Å². The van der Waals surface area contributed by atoms with Gasteiger partial charge in [0.2, 0.25) is 11.8 Å². The number of hydrogen-bond acceptors (Lipinski definition) is 3. The third-order valence-electron chi connectivity index (χ3n) is 4.21. The topological polar surface area (TPSA) is 58.6 Å². The fourth-order valence-electron chi connectivity index (χ4n) is 2.90. The molecule has 0 bridgehead atoms. The Bertz CT molecular complexity index is 446. The predicted molar refractivity (Wildman–Crippen MR) is 64.9 cm³/mol. The van der Waals surface area contributed by atoms with Crippen molar-refractivity contribution in [2.75, 3.05) is 13.2 Å². The highest BCUT2D eigenvalue weighted by Crippen LogP contribution is 2.40. The normalized spacial score (nSPS) is 30.5. The van der Waals surface area contributed by atoms with Crippen LogP contribution in [0.2, 0.25) is 0 Å². The van der Waals surface area contributed by atoms with E-state index in [1.165, 1.54) is 4.90 Å². The SMILES string of the molecule is O=C1NC(C2CC2)C(=O)N(CCOC(F)(F)F)C1C1CC1. The largest absolute Gasteiger partial charge is 0.522 e. The smallest absolute Gasteiger partial charge is 0.342 e. The quantitative estimate of drug-likeness (QED) is 0.825. The first-order valence-corrected chi connectivity index (χ1v) is 7.18. The number of ether oxygens (including phenoxy) is 1. The van der Waals surface area contributed by atoms with Gasteiger partial charge in [-0.2, -0.15) is 0 Å². The van der Waals surface area contributed by atoms with Crippen LogP contribution >= 0.6 is 0 Å². The van der Waals surface area contributed by atoms with Crippen LogP contribution < -0.4 is 5.32 Å². The molecule has 0 spiro atoms. The van der Waals surface area contributed by atoms with E-state index in [4.69, 9.17) is 0 Å². The summed E-state index contributed by atoms with van der Waals surface area (Å²) < 4.78 is 39.9. The van der Waals surface area contributed by atoms with Crippen LogP contribution in [0.1, 0.15) is 25.7 Å². The molecule has 1 aliphatic heterocycles. The Morgan fingerprint density at radius 3 is 2.29 bits per heavy atom. The summed E-state index contributed by atoms with van der Waals surface area (Å²) in [7, 11) is 0. The number of piperazine rings is 1. The number of nitrogens with zero attached hydrogens (tertiary/aromatic N) is 1. The Hall–Kier alpha value is -1.31. The fraction of sp³-hybridized carbons (Fsp3) is 0.846. The van der Waals surface area contributed by atoms with Crippen molar-refractivity contribution in [3.8, 4) is 0 Å². The van der Waals surface area contributed by atoms with E-state index >= 15 is 0 Å². The molecule has 1 saturated heterocycles. The second-order valence-corrected chi connectivity index (χ2v) is 5.93. The molecule has 21 heavy (non-hydrogen) atoms. The van der Waals surface area contributed by atoms with E-state index in [0.29, 0.717) is 0 Å². The van der Waals surface area contributed by atoms with Crippen molar-refractivity contribution in [1.29, 1.82) is 0 Å². The molecular formula is C13H17F3N2O3. The van der Waals surface area contributed by atoms with Gasteiger partial charge in [-0.25, -0.2) is 0 Å². The van der Waals surface area contributed by atoms with E-state index in [-0.39, 0.29) is 30.2 Å². The predicted octanol–water partition coefficient (Wildman–Crippen LogP) is 1.04. The number of halogens is 3. The van der Waals surface area contributed by atoms with Gasteiger partial charge < -0.3 is 10.2 Å². The van der Waals surface area contributed by atoms with E-state index < -0.39 is 25.1 Å². The molecule has 0 radical (unpaired) electrons. The van der Waals surface area contributed by atoms with E-state index in [9.17, 15) is 22.8 Å². The number of alkyl halides is 3. The molecule has 3 fully saturated rings. The van der Waals surface area contributed by atoms with Crippen LogP contribution in [-0.4, -0.2) is 48.3 Å². The summed E-state index contributed by atoms with van der Waals surface area (Å²) in [4.78, 5) is 25.9. The number of hydrogen-bond donors (Lipinski definition) is 1. The van der Waals surface area contributed by atoms with Crippen LogP contribution in [0.25, 0.3) is 0 Å². The van der Waals surface area contributed by atoms with Crippen LogP contribution in [0.4, 0.5) is 13.2 Å². The molecule has 2 aliphatic carbocycles. The van der Waals surface area contributed by atoms with E-state index in [1.807, 2.05) is 0 Å². The summed E-state index contributed by atoms with van der Waals surface area (Å²) in [5.74, 6) is -0.298. The van der Waals surface area contributed by atoms with Gasteiger partial charge >= 0.3 is 6.36 Å². The lowest BCUT2D eigenvalue weighted by Gasteiger charge is -2.39. The molecule has 2 atom stereocenters. The van der Waals surface area contributed by atoms with Crippen LogP contribution in [-0.2, 0) is 14.3 Å². The number of rotatable bonds is 5. The molecule has 1 heterocycles. The number of carbonyl (C=O) groups excluding carboxylic acids is 2. The average Bonchev–Trinajstić information content (AvgIpc) is 3.24. The maximum absolute atomic E-state index is 12.4. The van der Waals surface area contributed by atoms with Crippen LogP contribution in [0, 0.1) is 11.8 Å². The molecule has 0 aromatic rings. The number of carbonyl (C=O) groups is 2. The van der Waals surface area contributed by atoms with Crippen LogP contribution in [0.15, 0.2) is 0 Å². The highest BCUT2D eigenvalue weighted by atomic mass is 19.4. The molecule has 3 aliphatic rings. The van der Waals surface area contributed by atoms with Gasteiger partial charge in [-0.1, -0.05) is 0 Å². The summed E-state index contributed by atoms with van der Waals surface area (Å²) in [6.45, 7) is -0.834. The first-order chi connectivity index (χ1) is 9.87. The number of nitrogens with one attached hydrogen (secondary N) is 1. The Balaban J connectivity index is 1.68. The summed E-state index contributed by atoms with van der Waals surface area (Å²) >= 11 is 0. The van der Waals surface area contributed by atoms with Gasteiger partial charge in [0, 0.05) is 6.54 Å². The van der Waals surface area contributed by atoms with Gasteiger partial charge in [-0.05, 0) is 37.5 Å². The minimum atomic E-state index is -4.72. The molecule has 5 nitrogen and oxygen atoms in total. The standard InChI is InChI=1S/C13H17F3N2O3/c14-13(15,16)21-6-5-18-10(8-3-4-8)11(19)17-9(12(18)20)7-1-2-7/h7-10H,1-6H2,(H,17,19). The average molecular weight is 306 g/mol. The first kappa shape index (κ1) is 14.6. The molecule has 118 valence electrons. The van der Waals surface area contributed by atoms with Crippen molar-refractivity contribution in [2.24, 2.45) is 11.8 Å². The summed E-state index contributed by atoms with van der Waals surface area (Å²) in [5, 5.41) is 2.74. The molecule has 2 saturated carbocycles. The number of amides is 2. The Labute approximate surface area is 119 Å². The lowest BCUT2D eigenvalue weighted by Crippen LogP contribution is -2.65. The van der Waals surface area contributed by atoms with Crippen molar-refractivity contribution in [3.63, 3.8) is 0 Å². The fourth-order valence-corrected chi connectivity index (χ4v) is 2.90. The molecular weight excluding hydrogens is 289 g/mol. The van der Waals surface area contributed by atoms with Gasteiger partial charge in [0.1, 0.15) is 12.1 Å². The Kier molecular flexibility index (Phi) is 3.59. The molecule has 1 N–H and O–H groups in total. The van der Waals surface area contributed by atoms with Gasteiger partial charge in [-0.15, -0.1) is 13.2 Å². The lowest BCUT2D eigenvalue weighted by molar-refractivity contribution is -0.325. The lowest BCUT2D eigenvalue weighted by atomic mass is 10.0. The third-order valence-corrected chi connectivity index (χ3v) is 4.21. The van der Waals surface area contributed by atoms with Gasteiger partial charge in [0.25, 0.3) is 0 Å². The van der Waals surface area contributed by atoms with E-state index in [1.54, 1.807) is 0 Å². The Morgan fingerprint density at radius 2 is 1.76 bits per heavy atom. The van der Waals surface area contributed by atoms with Crippen molar-refractivity contribution in [3.05, 3.63) is 0 Å². The Morgan fingerprint density at radius 1 is 1.14 bits per heavy atom. The highest BCUT2D eigenvalue weighted by Gasteiger charge is 2.51. The summed E-state index contributed by atoms with van der Waals surface area (Å²) in [6, 6.07) is -1.21. The zero-order valence-electron chi connectivity index (χ0n) is 11.4. The van der Waals surface area contributed by atoms with Crippen LogP contribution in [0.3, 0.4) is 0 Å². The van der Waals surface area contributed by atoms with Crippen LogP contribution in [0.5, 0.6) is 0 Å². The zero-order chi connectivity index (χ0) is 15.2. The molecule has 0 aromatic carbocycles. The van der Waals surface area contributed by atoms with Crippen molar-refractivity contribution in [2.45, 2.75) is 44.1 Å². The molecule has 3 rings (SSSR count). The molecule has 0 aromatic heterocycles. The summed E-state index contributed by atoms with van der Waals surface area (Å²) in [5.41, 5.74) is 0. The molecule has 2 amide bonds. The maximum Gasteiger partial charge on any atom is 0.522 e. The van der Waals surface area contributed by atoms with Gasteiger partial charge in [0.15, 0.2) is 0 Å². The van der Waals surface area contributed by atoms with Crippen molar-refractivity contribution in [1.82, 2.24) is 10.2 Å². The third kappa shape index (κ3) is 3.30. The summed E-state index contributed by atoms with van der Waals surface area (Å²) in [6.07, 6.45) is -1.31.